The van der Waals surface area contributed by atoms with Gasteiger partial charge in [-0.25, -0.2) is 0 Å². The van der Waals surface area contributed by atoms with E-state index >= 15 is 0 Å². The second kappa shape index (κ2) is 5.85. The molecule has 0 bridgehead atoms. The molecule has 0 atom stereocenters. The zero-order valence-corrected chi connectivity index (χ0v) is 12.0. The third-order valence-corrected chi connectivity index (χ3v) is 4.18. The van der Waals surface area contributed by atoms with Gasteiger partial charge in [0.05, 0.1) is 11.6 Å². The van der Waals surface area contributed by atoms with Crippen LogP contribution in [0.1, 0.15) is 18.5 Å². The van der Waals surface area contributed by atoms with Crippen LogP contribution in [0.4, 0.5) is 0 Å². The van der Waals surface area contributed by atoms with Crippen LogP contribution in [0.3, 0.4) is 0 Å². The number of likely N-dealkylation sites (tertiary alicyclic amines) is 1. The first-order chi connectivity index (χ1) is 9.75. The summed E-state index contributed by atoms with van der Waals surface area (Å²) in [5, 5.41) is 4.94. The highest BCUT2D eigenvalue weighted by Crippen LogP contribution is 2.26. The molecular weight excluding hydrogens is 274 g/mol. The van der Waals surface area contributed by atoms with Gasteiger partial charge in [0, 0.05) is 36.2 Å². The van der Waals surface area contributed by atoms with Crippen molar-refractivity contribution in [1.82, 2.24) is 15.2 Å². The summed E-state index contributed by atoms with van der Waals surface area (Å²) in [6, 6.07) is 7.94. The lowest BCUT2D eigenvalue weighted by atomic mass is 10.2. The Morgan fingerprint density at radius 2 is 2.05 bits per heavy atom. The molecule has 3 rings (SSSR count). The number of fused-ring (bicyclic) bond motifs is 1. The van der Waals surface area contributed by atoms with Crippen molar-refractivity contribution in [2.75, 3.05) is 19.6 Å². The van der Waals surface area contributed by atoms with Gasteiger partial charge in [0.25, 0.3) is 0 Å². The van der Waals surface area contributed by atoms with Crippen molar-refractivity contribution in [3.05, 3.63) is 35.0 Å². The minimum Gasteiger partial charge on any atom is -0.356 e. The first kappa shape index (κ1) is 13.5. The summed E-state index contributed by atoms with van der Waals surface area (Å²) in [7, 11) is 0. The number of rotatable bonds is 4. The molecule has 1 aromatic carbocycles. The van der Waals surface area contributed by atoms with E-state index < -0.39 is 0 Å². The molecular formula is C15H18ClN3O. The van der Waals surface area contributed by atoms with Gasteiger partial charge in [-0.2, -0.15) is 0 Å². The molecule has 0 unspecified atom stereocenters. The molecule has 5 heteroatoms. The maximum atomic E-state index is 11.9. The number of benzene rings is 1. The second-order valence-electron chi connectivity index (χ2n) is 5.15. The predicted molar refractivity (Wildman–Crippen MR) is 80.8 cm³/mol. The SMILES string of the molecule is O=C(CNCc1[nH]c2ccccc2c1Cl)N1CCCC1. The van der Waals surface area contributed by atoms with Gasteiger partial charge in [-0.05, 0) is 18.9 Å². The fraction of sp³-hybridized carbons (Fsp3) is 0.400. The Bertz CT molecular complexity index is 617. The Kier molecular flexibility index (Phi) is 3.94. The summed E-state index contributed by atoms with van der Waals surface area (Å²) in [6.45, 7) is 2.74. The summed E-state index contributed by atoms with van der Waals surface area (Å²) in [5.74, 6) is 0.176. The number of para-hydroxylation sites is 1. The lowest BCUT2D eigenvalue weighted by Crippen LogP contribution is -2.36. The zero-order chi connectivity index (χ0) is 13.9. The Hall–Kier alpha value is -1.52. The number of H-pyrrole nitrogens is 1. The van der Waals surface area contributed by atoms with Gasteiger partial charge in [0.1, 0.15) is 0 Å². The van der Waals surface area contributed by atoms with Crippen LogP contribution in [0.25, 0.3) is 10.9 Å². The quantitative estimate of drug-likeness (QED) is 0.909. The lowest BCUT2D eigenvalue weighted by molar-refractivity contribution is -0.129. The maximum Gasteiger partial charge on any atom is 0.236 e. The van der Waals surface area contributed by atoms with Gasteiger partial charge in [-0.1, -0.05) is 29.8 Å². The molecule has 0 radical (unpaired) electrons. The monoisotopic (exact) mass is 291 g/mol. The summed E-state index contributed by atoms with van der Waals surface area (Å²) >= 11 is 6.33. The first-order valence-corrected chi connectivity index (χ1v) is 7.37. The Balaban J connectivity index is 1.59. The third kappa shape index (κ3) is 2.67. The molecule has 0 aliphatic carbocycles. The van der Waals surface area contributed by atoms with Crippen LogP contribution in [-0.2, 0) is 11.3 Å². The highest BCUT2D eigenvalue weighted by molar-refractivity contribution is 6.36. The fourth-order valence-electron chi connectivity index (χ4n) is 2.66. The molecule has 4 nitrogen and oxygen atoms in total. The second-order valence-corrected chi connectivity index (χ2v) is 5.53. The summed E-state index contributed by atoms with van der Waals surface area (Å²) < 4.78 is 0. The fourth-order valence-corrected chi connectivity index (χ4v) is 2.94. The first-order valence-electron chi connectivity index (χ1n) is 6.99. The van der Waals surface area contributed by atoms with Crippen molar-refractivity contribution in [2.24, 2.45) is 0 Å². The van der Waals surface area contributed by atoms with Crippen LogP contribution in [0.15, 0.2) is 24.3 Å². The highest BCUT2D eigenvalue weighted by atomic mass is 35.5. The number of aromatic nitrogens is 1. The number of amides is 1. The molecule has 106 valence electrons. The van der Waals surface area contributed by atoms with Crippen LogP contribution in [-0.4, -0.2) is 35.4 Å². The summed E-state index contributed by atoms with van der Waals surface area (Å²) in [6.07, 6.45) is 2.25. The normalized spacial score (nSPS) is 15.2. The van der Waals surface area contributed by atoms with Crippen molar-refractivity contribution in [3.8, 4) is 0 Å². The molecule has 1 aromatic heterocycles. The number of nitrogens with zero attached hydrogens (tertiary/aromatic N) is 1. The topological polar surface area (TPSA) is 48.1 Å². The summed E-state index contributed by atoms with van der Waals surface area (Å²) in [5.41, 5.74) is 1.96. The Morgan fingerprint density at radius 3 is 2.80 bits per heavy atom. The minimum absolute atomic E-state index is 0.176. The van der Waals surface area contributed by atoms with E-state index in [9.17, 15) is 4.79 Å². The van der Waals surface area contributed by atoms with Crippen molar-refractivity contribution in [2.45, 2.75) is 19.4 Å². The third-order valence-electron chi connectivity index (χ3n) is 3.75. The van der Waals surface area contributed by atoms with Crippen LogP contribution in [0.5, 0.6) is 0 Å². The molecule has 2 N–H and O–H groups in total. The van der Waals surface area contributed by atoms with E-state index in [1.807, 2.05) is 29.2 Å². The van der Waals surface area contributed by atoms with Gasteiger partial charge in [-0.3, -0.25) is 4.79 Å². The zero-order valence-electron chi connectivity index (χ0n) is 11.3. The maximum absolute atomic E-state index is 11.9. The Labute approximate surface area is 123 Å². The van der Waals surface area contributed by atoms with Gasteiger partial charge in [-0.15, -0.1) is 0 Å². The number of aromatic amines is 1. The molecule has 2 heterocycles. The Morgan fingerprint density at radius 1 is 1.30 bits per heavy atom. The molecule has 1 amide bonds. The number of carbonyl (C=O) groups is 1. The van der Waals surface area contributed by atoms with Gasteiger partial charge >= 0.3 is 0 Å². The number of hydrogen-bond donors (Lipinski definition) is 2. The van der Waals surface area contributed by atoms with Crippen LogP contribution < -0.4 is 5.32 Å². The molecule has 1 aliphatic rings. The molecule has 1 fully saturated rings. The largest absolute Gasteiger partial charge is 0.356 e. The van der Waals surface area contributed by atoms with Crippen LogP contribution in [0, 0.1) is 0 Å². The average Bonchev–Trinajstić information content (AvgIpc) is 3.09. The average molecular weight is 292 g/mol. The molecule has 1 saturated heterocycles. The molecule has 0 saturated carbocycles. The molecule has 0 spiro atoms. The number of carbonyl (C=O) groups excluding carboxylic acids is 1. The van der Waals surface area contributed by atoms with Crippen molar-refractivity contribution in [3.63, 3.8) is 0 Å². The van der Waals surface area contributed by atoms with Gasteiger partial charge in [0.15, 0.2) is 0 Å². The predicted octanol–water partition coefficient (Wildman–Crippen LogP) is 2.53. The van der Waals surface area contributed by atoms with Crippen molar-refractivity contribution < 1.29 is 4.79 Å². The van der Waals surface area contributed by atoms with Crippen LogP contribution >= 0.6 is 11.6 Å². The van der Waals surface area contributed by atoms with Crippen molar-refractivity contribution in [1.29, 1.82) is 0 Å². The number of hydrogen-bond acceptors (Lipinski definition) is 2. The van der Waals surface area contributed by atoms with Crippen molar-refractivity contribution >= 4 is 28.4 Å². The van der Waals surface area contributed by atoms with E-state index in [1.54, 1.807) is 0 Å². The standard InChI is InChI=1S/C15H18ClN3O/c16-15-11-5-1-2-6-12(11)18-13(15)9-17-10-14(20)19-7-3-4-8-19/h1-2,5-6,17-18H,3-4,7-10H2. The van der Waals surface area contributed by atoms with E-state index in [2.05, 4.69) is 10.3 Å². The van der Waals surface area contributed by atoms with E-state index in [1.165, 1.54) is 0 Å². The van der Waals surface area contributed by atoms with Gasteiger partial charge < -0.3 is 15.2 Å². The van der Waals surface area contributed by atoms with Crippen LogP contribution in [0.2, 0.25) is 5.02 Å². The minimum atomic E-state index is 0.176. The number of halogens is 1. The summed E-state index contributed by atoms with van der Waals surface area (Å²) in [4.78, 5) is 17.1. The van der Waals surface area contributed by atoms with E-state index in [4.69, 9.17) is 11.6 Å². The van der Waals surface area contributed by atoms with E-state index in [-0.39, 0.29) is 5.91 Å². The molecule has 2 aromatic rings. The smallest absolute Gasteiger partial charge is 0.236 e. The molecule has 20 heavy (non-hydrogen) atoms. The van der Waals surface area contributed by atoms with Gasteiger partial charge in [0.2, 0.25) is 5.91 Å². The highest BCUT2D eigenvalue weighted by Gasteiger charge is 2.17. The molecule has 1 aliphatic heterocycles. The van der Waals surface area contributed by atoms with E-state index in [0.29, 0.717) is 13.1 Å². The van der Waals surface area contributed by atoms with E-state index in [0.717, 1.165) is 47.6 Å². The number of nitrogens with one attached hydrogen (secondary N) is 2. The lowest BCUT2D eigenvalue weighted by Gasteiger charge is -2.15.